The maximum absolute atomic E-state index is 11.3. The third-order valence-electron chi connectivity index (χ3n) is 3.39. The Hall–Kier alpha value is -1.55. The van der Waals surface area contributed by atoms with Crippen LogP contribution in [0.2, 0.25) is 0 Å². The number of rotatable bonds is 6. The molecule has 0 aromatic heterocycles. The third-order valence-corrected chi connectivity index (χ3v) is 3.39. The van der Waals surface area contributed by atoms with Gasteiger partial charge in [0.15, 0.2) is 0 Å². The van der Waals surface area contributed by atoms with Crippen LogP contribution < -0.4 is 5.73 Å². The minimum atomic E-state index is -0.955. The standard InChI is InChI=1S/C14H22N2O2/c1-4-10(3)16(5-2)9-11-7-6-8-12(15)13(11)14(17)18/h6-8,10H,4-5,9,15H2,1-3H3,(H,17,18). The summed E-state index contributed by atoms with van der Waals surface area (Å²) in [5.41, 5.74) is 7.10. The molecule has 0 spiro atoms. The van der Waals surface area contributed by atoms with E-state index >= 15 is 0 Å². The van der Waals surface area contributed by atoms with Crippen molar-refractivity contribution in [1.82, 2.24) is 4.90 Å². The minimum Gasteiger partial charge on any atom is -0.478 e. The lowest BCUT2D eigenvalue weighted by molar-refractivity contribution is 0.0695. The van der Waals surface area contributed by atoms with Crippen LogP contribution in [0.4, 0.5) is 5.69 Å². The molecule has 0 saturated carbocycles. The highest BCUT2D eigenvalue weighted by molar-refractivity contribution is 5.95. The normalized spacial score (nSPS) is 12.7. The van der Waals surface area contributed by atoms with E-state index in [9.17, 15) is 9.90 Å². The van der Waals surface area contributed by atoms with Crippen LogP contribution in [0.15, 0.2) is 18.2 Å². The summed E-state index contributed by atoms with van der Waals surface area (Å²) in [5.74, 6) is -0.955. The topological polar surface area (TPSA) is 66.6 Å². The van der Waals surface area contributed by atoms with Crippen molar-refractivity contribution in [1.29, 1.82) is 0 Å². The number of hydrogen-bond acceptors (Lipinski definition) is 3. The summed E-state index contributed by atoms with van der Waals surface area (Å²) in [7, 11) is 0. The van der Waals surface area contributed by atoms with Crippen molar-refractivity contribution >= 4 is 11.7 Å². The molecular formula is C14H22N2O2. The quantitative estimate of drug-likeness (QED) is 0.761. The van der Waals surface area contributed by atoms with E-state index in [2.05, 4.69) is 25.7 Å². The number of aromatic carboxylic acids is 1. The maximum Gasteiger partial charge on any atom is 0.338 e. The van der Waals surface area contributed by atoms with Crippen LogP contribution in [0.25, 0.3) is 0 Å². The van der Waals surface area contributed by atoms with Crippen molar-refractivity contribution in [3.63, 3.8) is 0 Å². The molecule has 1 rings (SSSR count). The van der Waals surface area contributed by atoms with E-state index in [0.29, 0.717) is 18.3 Å². The van der Waals surface area contributed by atoms with Crippen molar-refractivity contribution in [2.75, 3.05) is 12.3 Å². The average molecular weight is 250 g/mol. The van der Waals surface area contributed by atoms with Gasteiger partial charge in [0, 0.05) is 18.3 Å². The largest absolute Gasteiger partial charge is 0.478 e. The first-order valence-corrected chi connectivity index (χ1v) is 6.35. The van der Waals surface area contributed by atoms with E-state index in [1.807, 2.05) is 12.1 Å². The van der Waals surface area contributed by atoms with Gasteiger partial charge in [-0.3, -0.25) is 4.90 Å². The summed E-state index contributed by atoms with van der Waals surface area (Å²) in [5, 5.41) is 9.23. The van der Waals surface area contributed by atoms with Crippen molar-refractivity contribution < 1.29 is 9.90 Å². The summed E-state index contributed by atoms with van der Waals surface area (Å²) in [6, 6.07) is 5.71. The van der Waals surface area contributed by atoms with Crippen LogP contribution in [0, 0.1) is 0 Å². The number of nitrogens with two attached hydrogens (primary N) is 1. The lowest BCUT2D eigenvalue weighted by Gasteiger charge is -2.27. The van der Waals surface area contributed by atoms with Gasteiger partial charge in [0.05, 0.1) is 5.56 Å². The lowest BCUT2D eigenvalue weighted by Crippen LogP contribution is -2.32. The predicted molar refractivity (Wildman–Crippen MR) is 73.7 cm³/mol. The Morgan fingerprint density at radius 2 is 2.11 bits per heavy atom. The van der Waals surface area contributed by atoms with Gasteiger partial charge >= 0.3 is 5.97 Å². The summed E-state index contributed by atoms with van der Waals surface area (Å²) in [6.07, 6.45) is 1.04. The van der Waals surface area contributed by atoms with Gasteiger partial charge in [-0.1, -0.05) is 26.0 Å². The fourth-order valence-corrected chi connectivity index (χ4v) is 2.07. The van der Waals surface area contributed by atoms with Crippen molar-refractivity contribution in [2.45, 2.75) is 39.8 Å². The van der Waals surface area contributed by atoms with Crippen molar-refractivity contribution in [3.05, 3.63) is 29.3 Å². The SMILES string of the molecule is CCC(C)N(CC)Cc1cccc(N)c1C(=O)O. The zero-order valence-corrected chi connectivity index (χ0v) is 11.3. The number of nitrogen functional groups attached to an aromatic ring is 1. The molecule has 4 heteroatoms. The molecule has 1 atom stereocenters. The number of anilines is 1. The summed E-state index contributed by atoms with van der Waals surface area (Å²) >= 11 is 0. The fraction of sp³-hybridized carbons (Fsp3) is 0.500. The first-order chi connectivity index (χ1) is 8.51. The Labute approximate surface area is 108 Å². The zero-order chi connectivity index (χ0) is 13.7. The van der Waals surface area contributed by atoms with Gasteiger partial charge in [-0.2, -0.15) is 0 Å². The Balaban J connectivity index is 3.03. The van der Waals surface area contributed by atoms with Crippen molar-refractivity contribution in [2.24, 2.45) is 0 Å². The summed E-state index contributed by atoms with van der Waals surface area (Å²) in [4.78, 5) is 13.5. The van der Waals surface area contributed by atoms with E-state index in [-0.39, 0.29) is 5.56 Å². The first-order valence-electron chi connectivity index (χ1n) is 6.35. The van der Waals surface area contributed by atoms with Crippen LogP contribution in [0.1, 0.15) is 43.1 Å². The average Bonchev–Trinajstić information content (AvgIpc) is 2.34. The maximum atomic E-state index is 11.3. The zero-order valence-electron chi connectivity index (χ0n) is 11.3. The molecule has 0 saturated heterocycles. The number of carboxylic acids is 1. The molecule has 0 aliphatic heterocycles. The van der Waals surface area contributed by atoms with Gasteiger partial charge in [-0.15, -0.1) is 0 Å². The number of hydrogen-bond donors (Lipinski definition) is 2. The molecule has 1 unspecified atom stereocenters. The van der Waals surface area contributed by atoms with E-state index in [0.717, 1.165) is 18.5 Å². The Kier molecular flexibility index (Phi) is 5.16. The molecule has 0 bridgehead atoms. The molecule has 0 aliphatic rings. The second-order valence-corrected chi connectivity index (χ2v) is 4.51. The Morgan fingerprint density at radius 3 is 2.61 bits per heavy atom. The summed E-state index contributed by atoms with van der Waals surface area (Å²) < 4.78 is 0. The van der Waals surface area contributed by atoms with Crippen LogP contribution in [-0.4, -0.2) is 28.6 Å². The Bertz CT molecular complexity index is 418. The molecule has 0 heterocycles. The van der Waals surface area contributed by atoms with Gasteiger partial charge in [0.25, 0.3) is 0 Å². The highest BCUT2D eigenvalue weighted by atomic mass is 16.4. The summed E-state index contributed by atoms with van der Waals surface area (Å²) in [6.45, 7) is 7.88. The third kappa shape index (κ3) is 3.23. The van der Waals surface area contributed by atoms with Gasteiger partial charge in [-0.25, -0.2) is 4.79 Å². The number of carbonyl (C=O) groups is 1. The second kappa shape index (κ2) is 6.40. The number of nitrogens with zero attached hydrogens (tertiary/aromatic N) is 1. The van der Waals surface area contributed by atoms with Crippen molar-refractivity contribution in [3.8, 4) is 0 Å². The van der Waals surface area contributed by atoms with Gasteiger partial charge in [0.1, 0.15) is 0 Å². The fourth-order valence-electron chi connectivity index (χ4n) is 2.07. The van der Waals surface area contributed by atoms with Gasteiger partial charge in [-0.05, 0) is 31.5 Å². The van der Waals surface area contributed by atoms with E-state index in [1.165, 1.54) is 0 Å². The molecule has 18 heavy (non-hydrogen) atoms. The molecule has 100 valence electrons. The van der Waals surface area contributed by atoms with E-state index in [4.69, 9.17) is 5.73 Å². The molecule has 0 fully saturated rings. The monoisotopic (exact) mass is 250 g/mol. The van der Waals surface area contributed by atoms with Gasteiger partial charge in [0.2, 0.25) is 0 Å². The lowest BCUT2D eigenvalue weighted by atomic mass is 10.0. The minimum absolute atomic E-state index is 0.235. The molecule has 4 nitrogen and oxygen atoms in total. The van der Waals surface area contributed by atoms with Crippen LogP contribution in [-0.2, 0) is 6.54 Å². The van der Waals surface area contributed by atoms with E-state index in [1.54, 1.807) is 6.07 Å². The van der Waals surface area contributed by atoms with Crippen LogP contribution in [0.5, 0.6) is 0 Å². The van der Waals surface area contributed by atoms with Crippen LogP contribution >= 0.6 is 0 Å². The van der Waals surface area contributed by atoms with E-state index < -0.39 is 5.97 Å². The highest BCUT2D eigenvalue weighted by Gasteiger charge is 2.17. The molecule has 0 amide bonds. The molecule has 1 aromatic rings. The molecular weight excluding hydrogens is 228 g/mol. The predicted octanol–water partition coefficient (Wildman–Crippen LogP) is 2.59. The van der Waals surface area contributed by atoms with Gasteiger partial charge < -0.3 is 10.8 Å². The number of benzene rings is 1. The molecule has 0 aliphatic carbocycles. The number of carboxylic acid groups (broad SMARTS) is 1. The smallest absolute Gasteiger partial charge is 0.338 e. The second-order valence-electron chi connectivity index (χ2n) is 4.51. The Morgan fingerprint density at radius 1 is 1.44 bits per heavy atom. The molecule has 3 N–H and O–H groups in total. The first kappa shape index (κ1) is 14.5. The highest BCUT2D eigenvalue weighted by Crippen LogP contribution is 2.20. The molecule has 1 aromatic carbocycles. The van der Waals surface area contributed by atoms with Crippen LogP contribution in [0.3, 0.4) is 0 Å². The molecule has 0 radical (unpaired) electrons.